The van der Waals surface area contributed by atoms with Crippen LogP contribution in [-0.2, 0) is 13.2 Å². The zero-order valence-electron chi connectivity index (χ0n) is 16.4. The van der Waals surface area contributed by atoms with Crippen molar-refractivity contribution in [2.24, 2.45) is 0 Å². The Bertz CT molecular complexity index is 880. The molecular formula is C24H27NO3. The number of benzene rings is 3. The number of methoxy groups -OCH3 is 1. The van der Waals surface area contributed by atoms with Gasteiger partial charge < -0.3 is 19.9 Å². The summed E-state index contributed by atoms with van der Waals surface area (Å²) in [6.07, 6.45) is -0.553. The first-order chi connectivity index (χ1) is 13.7. The maximum atomic E-state index is 10.3. The molecule has 3 aromatic rings. The number of hydrogen-bond acceptors (Lipinski definition) is 4. The van der Waals surface area contributed by atoms with Gasteiger partial charge in [-0.3, -0.25) is 0 Å². The summed E-state index contributed by atoms with van der Waals surface area (Å²) in [6.45, 7) is 3.59. The number of aliphatic hydroxyl groups excluding tert-OH is 1. The molecule has 0 radical (unpaired) electrons. The second-order valence-electron chi connectivity index (χ2n) is 6.72. The van der Waals surface area contributed by atoms with Crippen molar-refractivity contribution in [3.8, 4) is 11.5 Å². The predicted molar refractivity (Wildman–Crippen MR) is 112 cm³/mol. The van der Waals surface area contributed by atoms with Gasteiger partial charge in [0.25, 0.3) is 0 Å². The third kappa shape index (κ3) is 5.12. The average Bonchev–Trinajstić information content (AvgIpc) is 2.74. The van der Waals surface area contributed by atoms with Gasteiger partial charge in [0.2, 0.25) is 0 Å². The molecule has 0 aliphatic heterocycles. The number of para-hydroxylation sites is 1. The maximum Gasteiger partial charge on any atom is 0.166 e. The molecule has 28 heavy (non-hydrogen) atoms. The van der Waals surface area contributed by atoms with Crippen LogP contribution in [0.1, 0.15) is 28.4 Å². The molecule has 0 fully saturated rings. The van der Waals surface area contributed by atoms with Crippen LogP contribution >= 0.6 is 0 Å². The molecule has 2 N–H and O–H groups in total. The minimum absolute atomic E-state index is 0.457. The van der Waals surface area contributed by atoms with E-state index in [0.29, 0.717) is 25.4 Å². The van der Waals surface area contributed by atoms with Crippen LogP contribution in [-0.4, -0.2) is 18.8 Å². The van der Waals surface area contributed by atoms with E-state index in [9.17, 15) is 5.11 Å². The standard InChI is InChI=1S/C24H27NO3/c1-18-9-6-7-12-21(18)17-28-24-20(13-8-14-23(24)27-2)15-25-16-22(26)19-10-4-3-5-11-19/h3-14,22,25-26H,15-17H2,1-2H3. The molecule has 4 heteroatoms. The van der Waals surface area contributed by atoms with Crippen molar-refractivity contribution in [3.05, 3.63) is 95.1 Å². The summed E-state index contributed by atoms with van der Waals surface area (Å²) in [7, 11) is 1.65. The van der Waals surface area contributed by atoms with E-state index in [1.165, 1.54) is 5.56 Å². The van der Waals surface area contributed by atoms with Crippen LogP contribution in [0.25, 0.3) is 0 Å². The number of aliphatic hydroxyl groups is 1. The van der Waals surface area contributed by atoms with Crippen LogP contribution in [0, 0.1) is 6.92 Å². The molecule has 0 bridgehead atoms. The highest BCUT2D eigenvalue weighted by Gasteiger charge is 2.13. The van der Waals surface area contributed by atoms with Crippen LogP contribution in [0.5, 0.6) is 11.5 Å². The van der Waals surface area contributed by atoms with Gasteiger partial charge in [-0.15, -0.1) is 0 Å². The smallest absolute Gasteiger partial charge is 0.166 e. The summed E-state index contributed by atoms with van der Waals surface area (Å²) in [6, 6.07) is 23.7. The molecule has 0 heterocycles. The Morgan fingerprint density at radius 1 is 0.893 bits per heavy atom. The molecule has 0 saturated heterocycles. The number of rotatable bonds is 9. The van der Waals surface area contributed by atoms with Crippen LogP contribution in [0.3, 0.4) is 0 Å². The lowest BCUT2D eigenvalue weighted by molar-refractivity contribution is 0.174. The third-order valence-corrected chi connectivity index (χ3v) is 4.75. The third-order valence-electron chi connectivity index (χ3n) is 4.75. The van der Waals surface area contributed by atoms with Crippen LogP contribution in [0.4, 0.5) is 0 Å². The molecule has 0 aliphatic carbocycles. The molecule has 0 saturated carbocycles. The largest absolute Gasteiger partial charge is 0.493 e. The summed E-state index contributed by atoms with van der Waals surface area (Å²) >= 11 is 0. The van der Waals surface area contributed by atoms with E-state index < -0.39 is 6.10 Å². The molecular weight excluding hydrogens is 350 g/mol. The zero-order chi connectivity index (χ0) is 19.8. The SMILES string of the molecule is COc1cccc(CNCC(O)c2ccccc2)c1OCc1ccccc1C. The summed E-state index contributed by atoms with van der Waals surface area (Å²) in [5, 5.41) is 13.6. The van der Waals surface area contributed by atoms with Gasteiger partial charge in [0, 0.05) is 18.7 Å². The van der Waals surface area contributed by atoms with Gasteiger partial charge >= 0.3 is 0 Å². The predicted octanol–water partition coefficient (Wildman–Crippen LogP) is 4.41. The highest BCUT2D eigenvalue weighted by Crippen LogP contribution is 2.32. The molecule has 0 spiro atoms. The minimum atomic E-state index is -0.553. The lowest BCUT2D eigenvalue weighted by Gasteiger charge is -2.17. The number of ether oxygens (including phenoxy) is 2. The van der Waals surface area contributed by atoms with Crippen molar-refractivity contribution in [3.63, 3.8) is 0 Å². The first-order valence-electron chi connectivity index (χ1n) is 9.46. The summed E-state index contributed by atoms with van der Waals surface area (Å²) in [5.74, 6) is 1.44. The molecule has 3 aromatic carbocycles. The summed E-state index contributed by atoms with van der Waals surface area (Å²) < 4.78 is 11.6. The van der Waals surface area contributed by atoms with E-state index in [-0.39, 0.29) is 0 Å². The maximum absolute atomic E-state index is 10.3. The van der Waals surface area contributed by atoms with E-state index >= 15 is 0 Å². The molecule has 3 rings (SSSR count). The van der Waals surface area contributed by atoms with Crippen molar-refractivity contribution in [2.75, 3.05) is 13.7 Å². The lowest BCUT2D eigenvalue weighted by Crippen LogP contribution is -2.21. The van der Waals surface area contributed by atoms with Crippen LogP contribution in [0.2, 0.25) is 0 Å². The van der Waals surface area contributed by atoms with Crippen molar-refractivity contribution in [1.29, 1.82) is 0 Å². The molecule has 0 aromatic heterocycles. The Balaban J connectivity index is 1.66. The average molecular weight is 377 g/mol. The molecule has 1 atom stereocenters. The fourth-order valence-electron chi connectivity index (χ4n) is 3.08. The van der Waals surface area contributed by atoms with Crippen LogP contribution in [0.15, 0.2) is 72.8 Å². The van der Waals surface area contributed by atoms with Crippen LogP contribution < -0.4 is 14.8 Å². The van der Waals surface area contributed by atoms with Gasteiger partial charge in [-0.2, -0.15) is 0 Å². The van der Waals surface area contributed by atoms with Gasteiger partial charge in [0.05, 0.1) is 13.2 Å². The van der Waals surface area contributed by atoms with Gasteiger partial charge in [-0.1, -0.05) is 66.7 Å². The van der Waals surface area contributed by atoms with Crippen molar-refractivity contribution in [2.45, 2.75) is 26.2 Å². The fourth-order valence-corrected chi connectivity index (χ4v) is 3.08. The Morgan fingerprint density at radius 3 is 2.36 bits per heavy atom. The number of nitrogens with one attached hydrogen (secondary N) is 1. The Kier molecular flexibility index (Phi) is 7.06. The van der Waals surface area contributed by atoms with Crippen molar-refractivity contribution in [1.82, 2.24) is 5.32 Å². The van der Waals surface area contributed by atoms with Gasteiger partial charge in [0.15, 0.2) is 11.5 Å². The summed E-state index contributed by atoms with van der Waals surface area (Å²) in [4.78, 5) is 0. The van der Waals surface area contributed by atoms with Crippen molar-refractivity contribution >= 4 is 0 Å². The van der Waals surface area contributed by atoms with Gasteiger partial charge in [-0.05, 0) is 29.7 Å². The highest BCUT2D eigenvalue weighted by atomic mass is 16.5. The summed E-state index contributed by atoms with van der Waals surface area (Å²) in [5.41, 5.74) is 4.24. The molecule has 0 aliphatic rings. The van der Waals surface area contributed by atoms with Gasteiger partial charge in [-0.25, -0.2) is 0 Å². The second kappa shape index (κ2) is 9.93. The van der Waals surface area contributed by atoms with E-state index in [1.54, 1.807) is 7.11 Å². The van der Waals surface area contributed by atoms with E-state index in [1.807, 2.05) is 60.7 Å². The molecule has 0 amide bonds. The Labute approximate surface area is 166 Å². The van der Waals surface area contributed by atoms with E-state index in [0.717, 1.165) is 22.4 Å². The molecule has 1 unspecified atom stereocenters. The Morgan fingerprint density at radius 2 is 1.61 bits per heavy atom. The van der Waals surface area contributed by atoms with Gasteiger partial charge in [0.1, 0.15) is 6.61 Å². The van der Waals surface area contributed by atoms with Crippen molar-refractivity contribution < 1.29 is 14.6 Å². The van der Waals surface area contributed by atoms with E-state index in [2.05, 4.69) is 24.4 Å². The molecule has 146 valence electrons. The first kappa shape index (κ1) is 19.9. The first-order valence-corrected chi connectivity index (χ1v) is 9.46. The lowest BCUT2D eigenvalue weighted by atomic mass is 10.1. The quantitative estimate of drug-likeness (QED) is 0.580. The monoisotopic (exact) mass is 377 g/mol. The fraction of sp³-hybridized carbons (Fsp3) is 0.250. The second-order valence-corrected chi connectivity index (χ2v) is 6.72. The topological polar surface area (TPSA) is 50.7 Å². The Hall–Kier alpha value is -2.82. The van der Waals surface area contributed by atoms with E-state index in [4.69, 9.17) is 9.47 Å². The zero-order valence-corrected chi connectivity index (χ0v) is 16.4. The number of hydrogen-bond donors (Lipinski definition) is 2. The normalized spacial score (nSPS) is 11.8. The highest BCUT2D eigenvalue weighted by molar-refractivity contribution is 5.47. The number of aryl methyl sites for hydroxylation is 1. The molecule has 4 nitrogen and oxygen atoms in total. The minimum Gasteiger partial charge on any atom is -0.493 e.